The van der Waals surface area contributed by atoms with Crippen LogP contribution in [-0.2, 0) is 4.79 Å². The van der Waals surface area contributed by atoms with Crippen LogP contribution >= 0.6 is 0 Å². The van der Waals surface area contributed by atoms with Gasteiger partial charge in [0.25, 0.3) is 0 Å². The fraction of sp³-hybridized carbons (Fsp3) is 0.158. The molecule has 0 bridgehead atoms. The Kier molecular flexibility index (Phi) is 6.43. The van der Waals surface area contributed by atoms with Crippen LogP contribution in [0.25, 0.3) is 6.08 Å². The molecule has 2 rings (SSSR count). The van der Waals surface area contributed by atoms with Crippen LogP contribution in [0.3, 0.4) is 0 Å². The number of nitriles is 1. The molecule has 0 heterocycles. The molecule has 0 saturated heterocycles. The highest BCUT2D eigenvalue weighted by molar-refractivity contribution is 5.96. The van der Waals surface area contributed by atoms with Crippen molar-refractivity contribution in [3.63, 3.8) is 0 Å². The zero-order valence-electron chi connectivity index (χ0n) is 13.6. The van der Waals surface area contributed by atoms with Gasteiger partial charge in [-0.05, 0) is 35.9 Å². The van der Waals surface area contributed by atoms with E-state index in [1.54, 1.807) is 43.5 Å². The topological polar surface area (TPSA) is 88.8 Å². The molecule has 0 aliphatic rings. The summed E-state index contributed by atoms with van der Waals surface area (Å²) >= 11 is 0. The average molecular weight is 339 g/mol. The second kappa shape index (κ2) is 8.99. The van der Waals surface area contributed by atoms with Gasteiger partial charge in [-0.3, -0.25) is 0 Å². The zero-order valence-corrected chi connectivity index (χ0v) is 13.6. The van der Waals surface area contributed by atoms with E-state index in [1.165, 1.54) is 6.08 Å². The summed E-state index contributed by atoms with van der Waals surface area (Å²) in [6, 6.07) is 15.7. The van der Waals surface area contributed by atoms with Crippen molar-refractivity contribution < 1.29 is 24.1 Å². The first-order valence-electron chi connectivity index (χ1n) is 7.47. The Morgan fingerprint density at radius 3 is 2.28 bits per heavy atom. The maximum absolute atomic E-state index is 10.9. The van der Waals surface area contributed by atoms with Crippen molar-refractivity contribution in [1.82, 2.24) is 0 Å². The quantitative estimate of drug-likeness (QED) is 0.451. The van der Waals surface area contributed by atoms with Crippen molar-refractivity contribution in [3.8, 4) is 23.3 Å². The van der Waals surface area contributed by atoms with Gasteiger partial charge in [-0.1, -0.05) is 18.2 Å². The second-order valence-electron chi connectivity index (χ2n) is 4.92. The molecule has 0 saturated carbocycles. The number of ether oxygens (including phenoxy) is 3. The Bertz CT molecular complexity index is 807. The molecular formula is C19H17NO5. The Morgan fingerprint density at radius 2 is 1.68 bits per heavy atom. The summed E-state index contributed by atoms with van der Waals surface area (Å²) in [5.41, 5.74) is 0.240. The maximum Gasteiger partial charge on any atom is 0.346 e. The first-order valence-corrected chi connectivity index (χ1v) is 7.47. The lowest BCUT2D eigenvalue weighted by Gasteiger charge is -2.09. The van der Waals surface area contributed by atoms with Crippen molar-refractivity contribution in [2.45, 2.75) is 0 Å². The molecular weight excluding hydrogens is 322 g/mol. The highest BCUT2D eigenvalue weighted by Crippen LogP contribution is 2.19. The van der Waals surface area contributed by atoms with Crippen LogP contribution in [0, 0.1) is 11.3 Å². The summed E-state index contributed by atoms with van der Waals surface area (Å²) in [6.07, 6.45) is 1.29. The van der Waals surface area contributed by atoms with Gasteiger partial charge in [-0.15, -0.1) is 0 Å². The predicted octanol–water partition coefficient (Wildman–Crippen LogP) is 3.14. The first-order chi connectivity index (χ1) is 12.1. The lowest BCUT2D eigenvalue weighted by molar-refractivity contribution is -0.132. The van der Waals surface area contributed by atoms with Crippen molar-refractivity contribution in [2.24, 2.45) is 0 Å². The molecule has 0 fully saturated rings. The molecule has 0 atom stereocenters. The Morgan fingerprint density at radius 1 is 1.08 bits per heavy atom. The summed E-state index contributed by atoms with van der Waals surface area (Å²) in [5, 5.41) is 17.7. The molecule has 0 amide bonds. The third-order valence-electron chi connectivity index (χ3n) is 3.18. The van der Waals surface area contributed by atoms with Gasteiger partial charge in [-0.25, -0.2) is 4.79 Å². The van der Waals surface area contributed by atoms with Crippen molar-refractivity contribution >= 4 is 12.0 Å². The summed E-state index contributed by atoms with van der Waals surface area (Å²) in [7, 11) is 1.59. The third kappa shape index (κ3) is 5.59. The van der Waals surface area contributed by atoms with Crippen LogP contribution in [-0.4, -0.2) is 31.4 Å². The van der Waals surface area contributed by atoms with Gasteiger partial charge < -0.3 is 19.3 Å². The van der Waals surface area contributed by atoms with Gasteiger partial charge in [0.1, 0.15) is 42.1 Å². The smallest absolute Gasteiger partial charge is 0.346 e. The van der Waals surface area contributed by atoms with E-state index in [4.69, 9.17) is 24.6 Å². The van der Waals surface area contributed by atoms with E-state index >= 15 is 0 Å². The molecule has 2 aromatic rings. The van der Waals surface area contributed by atoms with E-state index in [2.05, 4.69) is 0 Å². The maximum atomic E-state index is 10.9. The van der Waals surface area contributed by atoms with Crippen LogP contribution in [0.15, 0.2) is 54.1 Å². The van der Waals surface area contributed by atoms with E-state index in [0.717, 1.165) is 0 Å². The van der Waals surface area contributed by atoms with Crippen LogP contribution in [0.5, 0.6) is 17.2 Å². The van der Waals surface area contributed by atoms with E-state index < -0.39 is 5.97 Å². The van der Waals surface area contributed by atoms with Crippen LogP contribution in [0.1, 0.15) is 5.56 Å². The highest BCUT2D eigenvalue weighted by atomic mass is 16.5. The summed E-state index contributed by atoms with van der Waals surface area (Å²) < 4.78 is 16.3. The molecule has 6 nitrogen and oxygen atoms in total. The lowest BCUT2D eigenvalue weighted by Crippen LogP contribution is -2.09. The van der Waals surface area contributed by atoms with Gasteiger partial charge in [0.15, 0.2) is 0 Å². The molecule has 0 radical (unpaired) electrons. The first kappa shape index (κ1) is 17.9. The number of hydrogen-bond donors (Lipinski definition) is 1. The van der Waals surface area contributed by atoms with Crippen LogP contribution < -0.4 is 14.2 Å². The number of rotatable bonds is 8. The molecule has 0 aromatic heterocycles. The molecule has 0 aliphatic carbocycles. The second-order valence-corrected chi connectivity index (χ2v) is 4.92. The fourth-order valence-electron chi connectivity index (χ4n) is 2.01. The summed E-state index contributed by atoms with van der Waals surface area (Å²) in [4.78, 5) is 10.9. The number of hydrogen-bond acceptors (Lipinski definition) is 5. The normalized spacial score (nSPS) is 10.6. The molecule has 2 aromatic carbocycles. The van der Waals surface area contributed by atoms with Crippen molar-refractivity contribution in [3.05, 3.63) is 59.7 Å². The Labute approximate surface area is 145 Å². The number of methoxy groups -OCH3 is 1. The molecule has 1 N–H and O–H groups in total. The molecule has 25 heavy (non-hydrogen) atoms. The minimum Gasteiger partial charge on any atom is -0.497 e. The molecule has 0 aliphatic heterocycles. The minimum absolute atomic E-state index is 0.314. The van der Waals surface area contributed by atoms with Crippen LogP contribution in [0.2, 0.25) is 0 Å². The van der Waals surface area contributed by atoms with Gasteiger partial charge in [0.05, 0.1) is 7.11 Å². The van der Waals surface area contributed by atoms with E-state index in [9.17, 15) is 4.79 Å². The molecule has 0 unspecified atom stereocenters. The summed E-state index contributed by atoms with van der Waals surface area (Å²) in [5.74, 6) is 0.690. The van der Waals surface area contributed by atoms with Crippen LogP contribution in [0.4, 0.5) is 0 Å². The zero-order chi connectivity index (χ0) is 18.1. The number of aliphatic carboxylic acids is 1. The minimum atomic E-state index is -1.26. The Balaban J connectivity index is 1.90. The van der Waals surface area contributed by atoms with E-state index in [1.807, 2.05) is 18.2 Å². The number of carboxylic acids is 1. The van der Waals surface area contributed by atoms with Gasteiger partial charge in [-0.2, -0.15) is 5.26 Å². The third-order valence-corrected chi connectivity index (χ3v) is 3.18. The average Bonchev–Trinajstić information content (AvgIpc) is 2.63. The Hall–Kier alpha value is -3.46. The van der Waals surface area contributed by atoms with E-state index in [0.29, 0.717) is 36.0 Å². The van der Waals surface area contributed by atoms with Crippen molar-refractivity contribution in [2.75, 3.05) is 20.3 Å². The van der Waals surface area contributed by atoms with Crippen molar-refractivity contribution in [1.29, 1.82) is 5.26 Å². The molecule has 6 heteroatoms. The number of nitrogens with zero attached hydrogens (tertiary/aromatic N) is 1. The fourth-order valence-corrected chi connectivity index (χ4v) is 2.01. The SMILES string of the molecule is COc1cccc(OCCOc2cccc(C=C(C#N)C(=O)O)c2)c1. The number of carbonyl (C=O) groups is 1. The number of carboxylic acid groups (broad SMARTS) is 1. The summed E-state index contributed by atoms with van der Waals surface area (Å²) in [6.45, 7) is 0.653. The predicted molar refractivity (Wildman–Crippen MR) is 91.7 cm³/mol. The lowest BCUT2D eigenvalue weighted by atomic mass is 10.1. The molecule has 128 valence electrons. The largest absolute Gasteiger partial charge is 0.497 e. The monoisotopic (exact) mass is 339 g/mol. The standard InChI is InChI=1S/C19H17NO5/c1-23-16-5-3-7-18(12-16)25-9-8-24-17-6-2-4-14(11-17)10-15(13-20)19(21)22/h2-7,10-12H,8-9H2,1H3,(H,21,22). The van der Waals surface area contributed by atoms with Gasteiger partial charge in [0, 0.05) is 6.07 Å². The van der Waals surface area contributed by atoms with Gasteiger partial charge >= 0.3 is 5.97 Å². The molecule has 0 spiro atoms. The van der Waals surface area contributed by atoms with Gasteiger partial charge in [0.2, 0.25) is 0 Å². The highest BCUT2D eigenvalue weighted by Gasteiger charge is 2.06. The number of benzene rings is 2. The van der Waals surface area contributed by atoms with E-state index in [-0.39, 0.29) is 5.57 Å².